The van der Waals surface area contributed by atoms with E-state index in [9.17, 15) is 9.59 Å². The van der Waals surface area contributed by atoms with Crippen molar-refractivity contribution >= 4 is 30.3 Å². The molecule has 1 amide bonds. The van der Waals surface area contributed by atoms with E-state index in [4.69, 9.17) is 26.4 Å². The summed E-state index contributed by atoms with van der Waals surface area (Å²) >= 11 is 0. The number of aliphatic hydroxyl groups excluding tert-OH is 2. The number of aliphatic imine (C=N–C) groups is 1. The van der Waals surface area contributed by atoms with Gasteiger partial charge >= 0.3 is 0 Å². The highest BCUT2D eigenvalue weighted by Gasteiger charge is 2.52. The van der Waals surface area contributed by atoms with Crippen LogP contribution in [-0.4, -0.2) is 122 Å². The van der Waals surface area contributed by atoms with Gasteiger partial charge in [-0.05, 0) is 99.2 Å². The molecular formula is C44H68N8O5. The SMILES string of the molecule is C=N/C=C(\NCC1C2CCC(C2)N1C)c1ccc(-c2ccc(C3=CNC(C4C5CCC(C5)N4C(=O)C(N)C(C)C)N3)cc2)cc1.CO.CO.COC(C)C(N)C=O. The van der Waals surface area contributed by atoms with Gasteiger partial charge in [0, 0.05) is 58.4 Å². The Hall–Kier alpha value is -4.11. The first kappa shape index (κ1) is 45.6. The van der Waals surface area contributed by atoms with Gasteiger partial charge in [0.2, 0.25) is 5.91 Å². The summed E-state index contributed by atoms with van der Waals surface area (Å²) in [5, 5.41) is 25.0. The summed E-state index contributed by atoms with van der Waals surface area (Å²) in [5.74, 6) is 1.54. The lowest BCUT2D eigenvalue weighted by molar-refractivity contribution is -0.138. The number of likely N-dealkylation sites (tertiary alicyclic amines) is 2. The van der Waals surface area contributed by atoms with Crippen molar-refractivity contribution in [1.29, 1.82) is 0 Å². The number of aliphatic hydroxyl groups is 2. The van der Waals surface area contributed by atoms with Crippen LogP contribution in [0.5, 0.6) is 0 Å². The molecule has 4 fully saturated rings. The first-order chi connectivity index (χ1) is 27.5. The average Bonchev–Trinajstić information content (AvgIpc) is 4.12. The summed E-state index contributed by atoms with van der Waals surface area (Å²) in [4.78, 5) is 32.1. The molecule has 57 heavy (non-hydrogen) atoms. The predicted octanol–water partition coefficient (Wildman–Crippen LogP) is 3.37. The van der Waals surface area contributed by atoms with Crippen LogP contribution in [0.25, 0.3) is 22.5 Å². The molecule has 0 aromatic heterocycles. The Morgan fingerprint density at radius 1 is 0.947 bits per heavy atom. The van der Waals surface area contributed by atoms with Crippen LogP contribution in [-0.2, 0) is 14.3 Å². The summed E-state index contributed by atoms with van der Waals surface area (Å²) in [6, 6.07) is 18.2. The minimum atomic E-state index is -0.486. The second-order valence-corrected chi connectivity index (χ2v) is 16.0. The number of likely N-dealkylation sites (N-methyl/N-ethyl adjacent to an activating group) is 1. The number of methoxy groups -OCH3 is 1. The van der Waals surface area contributed by atoms with Crippen molar-refractivity contribution in [3.63, 3.8) is 0 Å². The highest BCUT2D eigenvalue weighted by molar-refractivity contribution is 5.83. The number of aldehydes is 1. The molecule has 7 rings (SSSR count). The van der Waals surface area contributed by atoms with Gasteiger partial charge in [-0.3, -0.25) is 14.7 Å². The first-order valence-electron chi connectivity index (χ1n) is 20.3. The van der Waals surface area contributed by atoms with Gasteiger partial charge in [0.25, 0.3) is 0 Å². The Labute approximate surface area is 340 Å². The smallest absolute Gasteiger partial charge is 0.240 e. The van der Waals surface area contributed by atoms with Crippen molar-refractivity contribution in [3.05, 3.63) is 72.1 Å². The molecule has 5 aliphatic rings. The van der Waals surface area contributed by atoms with Crippen molar-refractivity contribution in [3.8, 4) is 11.1 Å². The van der Waals surface area contributed by atoms with Crippen LogP contribution in [0.3, 0.4) is 0 Å². The molecule has 0 spiro atoms. The number of amides is 1. The maximum atomic E-state index is 13.4. The number of hydrogen-bond donors (Lipinski definition) is 7. The normalized spacial score (nSPS) is 27.3. The topological polar surface area (TPSA) is 191 Å². The molecule has 2 aromatic carbocycles. The Balaban J connectivity index is 0.000000532. The molecule has 3 aliphatic heterocycles. The van der Waals surface area contributed by atoms with E-state index < -0.39 is 12.1 Å². The zero-order valence-corrected chi connectivity index (χ0v) is 35.0. The first-order valence-corrected chi connectivity index (χ1v) is 20.3. The quantitative estimate of drug-likeness (QED) is 0.116. The largest absolute Gasteiger partial charge is 0.400 e. The number of hydrogen-bond acceptors (Lipinski definition) is 12. The third-order valence-corrected chi connectivity index (χ3v) is 12.6. The lowest BCUT2D eigenvalue weighted by atomic mass is 9.94. The molecule has 13 nitrogen and oxygen atoms in total. The number of nitrogens with one attached hydrogen (secondary N) is 3. The second-order valence-electron chi connectivity index (χ2n) is 16.0. The Kier molecular flexibility index (Phi) is 17.3. The molecule has 4 bridgehead atoms. The highest BCUT2D eigenvalue weighted by Crippen LogP contribution is 2.45. The summed E-state index contributed by atoms with van der Waals surface area (Å²) in [6.45, 7) is 10.5. The van der Waals surface area contributed by atoms with Crippen LogP contribution in [0, 0.1) is 17.8 Å². The van der Waals surface area contributed by atoms with E-state index in [0.717, 1.165) is 68.1 Å². The van der Waals surface area contributed by atoms with E-state index in [2.05, 4.69) is 99.2 Å². The van der Waals surface area contributed by atoms with Crippen LogP contribution < -0.4 is 27.4 Å². The van der Waals surface area contributed by atoms with Crippen molar-refractivity contribution < 1.29 is 24.5 Å². The van der Waals surface area contributed by atoms with Gasteiger partial charge in [-0.15, -0.1) is 0 Å². The van der Waals surface area contributed by atoms with E-state index in [1.807, 2.05) is 20.0 Å². The molecule has 314 valence electrons. The molecule has 10 atom stereocenters. The molecule has 10 unspecified atom stereocenters. The fraction of sp³-hybridized carbons (Fsp3) is 0.568. The maximum Gasteiger partial charge on any atom is 0.240 e. The van der Waals surface area contributed by atoms with E-state index in [1.165, 1.54) is 43.9 Å². The number of ether oxygens (including phenoxy) is 1. The Bertz CT molecular complexity index is 1650. The average molecular weight is 789 g/mol. The number of piperidine rings is 2. The lowest BCUT2D eigenvalue weighted by Crippen LogP contribution is -2.60. The van der Waals surface area contributed by atoms with Crippen LogP contribution in [0.15, 0.2) is 65.9 Å². The zero-order chi connectivity index (χ0) is 41.8. The molecule has 0 radical (unpaired) electrons. The number of nitrogens with zero attached hydrogens (tertiary/aromatic N) is 3. The highest BCUT2D eigenvalue weighted by atomic mass is 16.5. The van der Waals surface area contributed by atoms with Gasteiger partial charge in [-0.25, -0.2) is 0 Å². The molecule has 3 heterocycles. The molecule has 9 N–H and O–H groups in total. The number of fused-ring (bicyclic) bond motifs is 4. The fourth-order valence-electron chi connectivity index (χ4n) is 9.12. The van der Waals surface area contributed by atoms with Gasteiger partial charge in [0.1, 0.15) is 12.5 Å². The number of carbonyl (C=O) groups excluding carboxylic acids is 2. The number of carbonyl (C=O) groups is 2. The summed E-state index contributed by atoms with van der Waals surface area (Å²) in [6.07, 6.45) is 11.8. The van der Waals surface area contributed by atoms with E-state index in [1.54, 1.807) is 6.92 Å². The van der Waals surface area contributed by atoms with E-state index in [0.29, 0.717) is 24.3 Å². The molecule has 2 aromatic rings. The number of nitrogens with two attached hydrogens (primary N) is 2. The van der Waals surface area contributed by atoms with Gasteiger partial charge in [0.05, 0.1) is 35.6 Å². The summed E-state index contributed by atoms with van der Waals surface area (Å²) in [7, 11) is 5.80. The van der Waals surface area contributed by atoms with Crippen molar-refractivity contribution in [2.75, 3.05) is 34.9 Å². The maximum absolute atomic E-state index is 13.4. The zero-order valence-electron chi connectivity index (χ0n) is 35.0. The minimum Gasteiger partial charge on any atom is -0.400 e. The van der Waals surface area contributed by atoms with E-state index in [-0.39, 0.29) is 30.1 Å². The van der Waals surface area contributed by atoms with Gasteiger partial charge < -0.3 is 52.1 Å². The van der Waals surface area contributed by atoms with Crippen LogP contribution >= 0.6 is 0 Å². The molecule has 2 aliphatic carbocycles. The van der Waals surface area contributed by atoms with Gasteiger partial charge in [-0.2, -0.15) is 0 Å². The van der Waals surface area contributed by atoms with Gasteiger partial charge in [-0.1, -0.05) is 62.4 Å². The van der Waals surface area contributed by atoms with Gasteiger partial charge in [0.15, 0.2) is 0 Å². The fourth-order valence-corrected chi connectivity index (χ4v) is 9.12. The summed E-state index contributed by atoms with van der Waals surface area (Å²) < 4.78 is 4.75. The third kappa shape index (κ3) is 10.5. The second kappa shape index (κ2) is 21.6. The molecule has 2 saturated heterocycles. The molecular weight excluding hydrogens is 721 g/mol. The molecule has 2 saturated carbocycles. The van der Waals surface area contributed by atoms with Crippen LogP contribution in [0.1, 0.15) is 70.4 Å². The van der Waals surface area contributed by atoms with Crippen molar-refractivity contribution in [1.82, 2.24) is 25.8 Å². The number of benzene rings is 2. The van der Waals surface area contributed by atoms with E-state index >= 15 is 0 Å². The summed E-state index contributed by atoms with van der Waals surface area (Å²) in [5.41, 5.74) is 18.2. The monoisotopic (exact) mass is 789 g/mol. The van der Waals surface area contributed by atoms with Crippen molar-refractivity contribution in [2.24, 2.45) is 34.2 Å². The Morgan fingerprint density at radius 2 is 1.53 bits per heavy atom. The van der Waals surface area contributed by atoms with Crippen LogP contribution in [0.2, 0.25) is 0 Å². The standard InChI is InChI=1S/C37H49N7O.C5H11NO2.2CH4O/c1-22(2)34(38)37(45)44-30-16-14-28(18-30)35(44)36-41-20-32(42-36)26-11-7-24(8-12-26)23-5-9-25(10-6-23)31(19-39-3)40-21-33-27-13-15-29(17-27)43(33)4;1-4(8-2)5(6)3-7;2*1-2/h5-12,19-20,22,27-30,33-36,40-42H,3,13-18,21,38H2,1-2,4H3;3-5H,6H2,1-2H3;2*2H,1H3/b31-19-;;;. The van der Waals surface area contributed by atoms with Crippen molar-refractivity contribution in [2.45, 2.75) is 108 Å². The minimum absolute atomic E-state index is 0.00374. The third-order valence-electron chi connectivity index (χ3n) is 12.6. The predicted molar refractivity (Wildman–Crippen MR) is 229 cm³/mol. The molecule has 13 heteroatoms. The Morgan fingerprint density at radius 3 is 2.07 bits per heavy atom. The lowest BCUT2D eigenvalue weighted by Gasteiger charge is -2.40. The number of rotatable bonds is 13. The van der Waals surface area contributed by atoms with Crippen LogP contribution in [0.4, 0.5) is 0 Å².